The van der Waals surface area contributed by atoms with Gasteiger partial charge in [-0.25, -0.2) is 4.79 Å². The number of hydrogen-bond acceptors (Lipinski definition) is 5. The summed E-state index contributed by atoms with van der Waals surface area (Å²) in [4.78, 5) is 8.16. The molecule has 0 saturated heterocycles. The van der Waals surface area contributed by atoms with Gasteiger partial charge in [0.1, 0.15) is 9.79 Å². The van der Waals surface area contributed by atoms with Crippen molar-refractivity contribution >= 4 is 61.0 Å². The van der Waals surface area contributed by atoms with Gasteiger partial charge in [-0.2, -0.15) is 16.8 Å². The average molecular weight is 386 g/mol. The Morgan fingerprint density at radius 1 is 0.800 bits per heavy atom. The minimum absolute atomic E-state index is 1.09. The van der Waals surface area contributed by atoms with E-state index in [1.165, 1.54) is 0 Å². The first-order chi connectivity index (χ1) is 8.80. The van der Waals surface area contributed by atoms with Crippen LogP contribution in [0.5, 0.6) is 0 Å². The lowest BCUT2D eigenvalue weighted by Crippen LogP contribution is -2.12. The SMILES string of the molecule is O=C(O)c1c(Cl)c(S(=O)(=O)O)c(Cl)c(S(=O)(=O)O)c1Cl. The van der Waals surface area contributed by atoms with Crippen LogP contribution in [0, 0.1) is 0 Å². The third kappa shape index (κ3) is 3.01. The lowest BCUT2D eigenvalue weighted by molar-refractivity contribution is 0.0696. The first-order valence-corrected chi connectivity index (χ1v) is 8.20. The molecular weight excluding hydrogens is 383 g/mol. The molecule has 0 atom stereocenters. The minimum Gasteiger partial charge on any atom is -0.478 e. The summed E-state index contributed by atoms with van der Waals surface area (Å²) < 4.78 is 62.3. The van der Waals surface area contributed by atoms with E-state index in [2.05, 4.69) is 0 Å². The molecule has 1 rings (SSSR count). The van der Waals surface area contributed by atoms with Crippen LogP contribution in [0.3, 0.4) is 0 Å². The molecule has 112 valence electrons. The van der Waals surface area contributed by atoms with Gasteiger partial charge in [0, 0.05) is 0 Å². The lowest BCUT2D eigenvalue weighted by atomic mass is 10.2. The van der Waals surface area contributed by atoms with E-state index >= 15 is 0 Å². The molecule has 0 aromatic heterocycles. The molecule has 0 bridgehead atoms. The lowest BCUT2D eigenvalue weighted by Gasteiger charge is -2.13. The fraction of sp³-hybridized carbons (Fsp3) is 0. The molecule has 0 heterocycles. The standard InChI is InChI=1S/C7H3Cl3O8S2/c8-2-1(7(11)12)3(9)6(20(16,17)18)4(10)5(2)19(13,14)15/h(H,11,12)(H,13,14,15)(H,16,17,18). The van der Waals surface area contributed by atoms with Gasteiger partial charge in [0.05, 0.1) is 20.6 Å². The van der Waals surface area contributed by atoms with Gasteiger partial charge in [-0.3, -0.25) is 9.11 Å². The molecule has 0 unspecified atom stereocenters. The van der Waals surface area contributed by atoms with E-state index in [4.69, 9.17) is 49.0 Å². The molecular formula is C7H3Cl3O8S2. The van der Waals surface area contributed by atoms with Crippen LogP contribution in [-0.4, -0.2) is 37.0 Å². The number of aromatic carboxylic acids is 1. The van der Waals surface area contributed by atoms with Crippen molar-refractivity contribution in [3.05, 3.63) is 20.6 Å². The van der Waals surface area contributed by atoms with Crippen LogP contribution in [-0.2, 0) is 20.2 Å². The van der Waals surface area contributed by atoms with Crippen molar-refractivity contribution < 1.29 is 35.8 Å². The van der Waals surface area contributed by atoms with E-state index in [0.29, 0.717) is 0 Å². The van der Waals surface area contributed by atoms with Crippen LogP contribution in [0.1, 0.15) is 10.4 Å². The summed E-state index contributed by atoms with van der Waals surface area (Å²) in [6.07, 6.45) is 0. The number of halogens is 3. The molecule has 0 spiro atoms. The van der Waals surface area contributed by atoms with E-state index in [1.54, 1.807) is 0 Å². The highest BCUT2D eigenvalue weighted by atomic mass is 35.5. The predicted molar refractivity (Wildman–Crippen MR) is 68.1 cm³/mol. The van der Waals surface area contributed by atoms with Crippen LogP contribution in [0.2, 0.25) is 15.1 Å². The molecule has 1 aromatic rings. The van der Waals surface area contributed by atoms with Crippen molar-refractivity contribution in [3.63, 3.8) is 0 Å². The van der Waals surface area contributed by atoms with Crippen molar-refractivity contribution in [2.24, 2.45) is 0 Å². The summed E-state index contributed by atoms with van der Waals surface area (Å²) in [6, 6.07) is 0. The molecule has 0 aliphatic carbocycles. The van der Waals surface area contributed by atoms with Gasteiger partial charge < -0.3 is 5.11 Å². The molecule has 8 nitrogen and oxygen atoms in total. The van der Waals surface area contributed by atoms with Gasteiger partial charge in [-0.05, 0) is 0 Å². The summed E-state index contributed by atoms with van der Waals surface area (Å²) in [5, 5.41) is 5.44. The number of carboxylic acids is 1. The number of benzene rings is 1. The normalized spacial score (nSPS) is 12.4. The summed E-state index contributed by atoms with van der Waals surface area (Å²) in [5.74, 6) is -1.90. The van der Waals surface area contributed by atoms with Gasteiger partial charge in [0.25, 0.3) is 20.2 Å². The molecule has 0 radical (unpaired) electrons. The number of hydrogen-bond donors (Lipinski definition) is 3. The largest absolute Gasteiger partial charge is 0.478 e. The topological polar surface area (TPSA) is 146 Å². The maximum atomic E-state index is 11.1. The van der Waals surface area contributed by atoms with Crippen LogP contribution < -0.4 is 0 Å². The zero-order valence-corrected chi connectivity index (χ0v) is 12.7. The second-order valence-electron chi connectivity index (χ2n) is 3.23. The first kappa shape index (κ1) is 17.4. The van der Waals surface area contributed by atoms with Crippen molar-refractivity contribution in [1.29, 1.82) is 0 Å². The highest BCUT2D eigenvalue weighted by Crippen LogP contribution is 2.42. The quantitative estimate of drug-likeness (QED) is 0.668. The van der Waals surface area contributed by atoms with E-state index in [0.717, 1.165) is 0 Å². The third-order valence-electron chi connectivity index (χ3n) is 1.97. The van der Waals surface area contributed by atoms with E-state index < -0.39 is 56.6 Å². The van der Waals surface area contributed by atoms with E-state index in [9.17, 15) is 21.6 Å². The Balaban J connectivity index is 4.22. The number of rotatable bonds is 3. The Kier molecular flexibility index (Phi) is 4.62. The van der Waals surface area contributed by atoms with Crippen molar-refractivity contribution in [2.45, 2.75) is 9.79 Å². The van der Waals surface area contributed by atoms with Crippen LogP contribution in [0.15, 0.2) is 9.79 Å². The fourth-order valence-corrected chi connectivity index (χ4v) is 4.68. The zero-order valence-electron chi connectivity index (χ0n) is 8.83. The first-order valence-electron chi connectivity index (χ1n) is 4.18. The summed E-state index contributed by atoms with van der Waals surface area (Å²) in [5.41, 5.74) is -1.15. The second kappa shape index (κ2) is 5.30. The fourth-order valence-electron chi connectivity index (χ4n) is 1.26. The third-order valence-corrected chi connectivity index (χ3v) is 5.40. The average Bonchev–Trinajstić information content (AvgIpc) is 2.09. The van der Waals surface area contributed by atoms with E-state index in [-0.39, 0.29) is 0 Å². The van der Waals surface area contributed by atoms with Crippen molar-refractivity contribution in [2.75, 3.05) is 0 Å². The smallest absolute Gasteiger partial charge is 0.338 e. The Hall–Kier alpha value is -0.620. The molecule has 0 fully saturated rings. The molecule has 1 aromatic carbocycles. The number of carbonyl (C=O) groups is 1. The zero-order chi connectivity index (χ0) is 16.0. The highest BCUT2D eigenvalue weighted by molar-refractivity contribution is 7.87. The van der Waals surface area contributed by atoms with Crippen LogP contribution in [0.4, 0.5) is 0 Å². The molecule has 0 aliphatic heterocycles. The summed E-state index contributed by atoms with van der Waals surface area (Å²) in [7, 11) is -10.4. The molecule has 20 heavy (non-hydrogen) atoms. The summed E-state index contributed by atoms with van der Waals surface area (Å²) in [6.45, 7) is 0. The molecule has 0 saturated carbocycles. The monoisotopic (exact) mass is 384 g/mol. The van der Waals surface area contributed by atoms with E-state index in [1.807, 2.05) is 0 Å². The maximum Gasteiger partial charge on any atom is 0.338 e. The predicted octanol–water partition coefficient (Wildman–Crippen LogP) is 1.84. The van der Waals surface area contributed by atoms with Crippen molar-refractivity contribution in [1.82, 2.24) is 0 Å². The Labute approximate surface area is 127 Å². The summed E-state index contributed by atoms with van der Waals surface area (Å²) >= 11 is 16.3. The van der Waals surface area contributed by atoms with Gasteiger partial charge in [-0.15, -0.1) is 0 Å². The molecule has 0 aliphatic rings. The van der Waals surface area contributed by atoms with Gasteiger partial charge in [-0.1, -0.05) is 34.8 Å². The maximum absolute atomic E-state index is 11.1. The Morgan fingerprint density at radius 3 is 1.30 bits per heavy atom. The molecule has 0 amide bonds. The molecule has 3 N–H and O–H groups in total. The minimum atomic E-state index is -5.18. The van der Waals surface area contributed by atoms with Gasteiger partial charge in [0.2, 0.25) is 0 Å². The van der Waals surface area contributed by atoms with Crippen LogP contribution >= 0.6 is 34.8 Å². The van der Waals surface area contributed by atoms with Gasteiger partial charge in [0.15, 0.2) is 0 Å². The van der Waals surface area contributed by atoms with Gasteiger partial charge >= 0.3 is 5.97 Å². The molecule has 13 heteroatoms. The Bertz CT molecular complexity index is 752. The van der Waals surface area contributed by atoms with Crippen molar-refractivity contribution in [3.8, 4) is 0 Å². The second-order valence-corrected chi connectivity index (χ2v) is 7.08. The van der Waals surface area contributed by atoms with Crippen LogP contribution in [0.25, 0.3) is 0 Å². The highest BCUT2D eigenvalue weighted by Gasteiger charge is 2.35. The number of carboxylic acid groups (broad SMARTS) is 1. The Morgan fingerprint density at radius 2 is 1.10 bits per heavy atom.